The molecule has 1 N–H and O–H groups in total. The van der Waals surface area contributed by atoms with Crippen LogP contribution in [-0.4, -0.2) is 20.5 Å². The summed E-state index contributed by atoms with van der Waals surface area (Å²) >= 11 is 0. The lowest BCUT2D eigenvalue weighted by Crippen LogP contribution is -2.02. The summed E-state index contributed by atoms with van der Waals surface area (Å²) in [5, 5.41) is 8.81. The number of carboxylic acids is 1. The van der Waals surface area contributed by atoms with Gasteiger partial charge in [-0.05, 0) is 19.1 Å². The standard InChI is InChI=1S/C9H8N2O2/c1-6-7-4-2-3-5-11(7)8(10-6)9(12)13/h2-5H,1H3,(H,12,13). The largest absolute Gasteiger partial charge is 0.475 e. The van der Waals surface area contributed by atoms with E-state index in [1.807, 2.05) is 12.1 Å². The van der Waals surface area contributed by atoms with Gasteiger partial charge in [0, 0.05) is 6.20 Å². The van der Waals surface area contributed by atoms with Gasteiger partial charge < -0.3 is 5.11 Å². The average molecular weight is 176 g/mol. The lowest BCUT2D eigenvalue weighted by Gasteiger charge is -1.94. The molecule has 0 radical (unpaired) electrons. The van der Waals surface area contributed by atoms with Crippen molar-refractivity contribution in [1.29, 1.82) is 0 Å². The first-order valence-corrected chi connectivity index (χ1v) is 3.87. The minimum absolute atomic E-state index is 0.0631. The van der Waals surface area contributed by atoms with Gasteiger partial charge in [0.1, 0.15) is 0 Å². The van der Waals surface area contributed by atoms with Crippen molar-refractivity contribution < 1.29 is 9.90 Å². The van der Waals surface area contributed by atoms with Gasteiger partial charge in [0.25, 0.3) is 0 Å². The Morgan fingerprint density at radius 3 is 3.00 bits per heavy atom. The molecule has 13 heavy (non-hydrogen) atoms. The molecule has 4 heteroatoms. The van der Waals surface area contributed by atoms with Crippen LogP contribution in [0.15, 0.2) is 24.4 Å². The van der Waals surface area contributed by atoms with Gasteiger partial charge in [0.2, 0.25) is 5.82 Å². The molecule has 2 aromatic heterocycles. The van der Waals surface area contributed by atoms with Crippen molar-refractivity contribution >= 4 is 11.5 Å². The van der Waals surface area contributed by atoms with E-state index in [1.54, 1.807) is 23.6 Å². The van der Waals surface area contributed by atoms with Crippen LogP contribution in [-0.2, 0) is 0 Å². The maximum Gasteiger partial charge on any atom is 0.372 e. The van der Waals surface area contributed by atoms with Gasteiger partial charge in [-0.15, -0.1) is 0 Å². The normalized spacial score (nSPS) is 10.5. The zero-order valence-electron chi connectivity index (χ0n) is 7.06. The quantitative estimate of drug-likeness (QED) is 0.713. The van der Waals surface area contributed by atoms with Crippen molar-refractivity contribution in [2.75, 3.05) is 0 Å². The van der Waals surface area contributed by atoms with Crippen molar-refractivity contribution in [3.8, 4) is 0 Å². The Kier molecular flexibility index (Phi) is 1.55. The maximum atomic E-state index is 10.7. The molecule has 0 amide bonds. The molecule has 0 aliphatic carbocycles. The Bertz CT molecular complexity index is 473. The SMILES string of the molecule is Cc1nc(C(=O)O)n2ccccc12. The highest BCUT2D eigenvalue weighted by atomic mass is 16.4. The molecule has 2 rings (SSSR count). The Morgan fingerprint density at radius 1 is 1.54 bits per heavy atom. The van der Waals surface area contributed by atoms with Crippen LogP contribution in [0.25, 0.3) is 5.52 Å². The molecule has 0 unspecified atom stereocenters. The summed E-state index contributed by atoms with van der Waals surface area (Å²) in [7, 11) is 0. The lowest BCUT2D eigenvalue weighted by atomic mass is 10.3. The lowest BCUT2D eigenvalue weighted by molar-refractivity contribution is 0.0682. The van der Waals surface area contributed by atoms with Gasteiger partial charge in [-0.25, -0.2) is 9.78 Å². The van der Waals surface area contributed by atoms with E-state index in [0.29, 0.717) is 0 Å². The second-order valence-corrected chi connectivity index (χ2v) is 2.78. The first kappa shape index (κ1) is 7.79. The molecule has 2 aromatic rings. The van der Waals surface area contributed by atoms with Crippen LogP contribution in [0, 0.1) is 6.92 Å². The molecular formula is C9H8N2O2. The van der Waals surface area contributed by atoms with Crippen molar-refractivity contribution in [2.45, 2.75) is 6.92 Å². The third-order valence-electron chi connectivity index (χ3n) is 1.92. The molecule has 4 nitrogen and oxygen atoms in total. The number of pyridine rings is 1. The average Bonchev–Trinajstić information content (AvgIpc) is 2.45. The van der Waals surface area contributed by atoms with Crippen molar-refractivity contribution in [3.63, 3.8) is 0 Å². The predicted octanol–water partition coefficient (Wildman–Crippen LogP) is 1.34. The molecule has 0 fully saturated rings. The van der Waals surface area contributed by atoms with Gasteiger partial charge in [-0.2, -0.15) is 0 Å². The monoisotopic (exact) mass is 176 g/mol. The van der Waals surface area contributed by atoms with Crippen molar-refractivity contribution in [2.24, 2.45) is 0 Å². The fraction of sp³-hybridized carbons (Fsp3) is 0.111. The fourth-order valence-electron chi connectivity index (χ4n) is 1.34. The number of aryl methyl sites for hydroxylation is 1. The Labute approximate surface area is 74.5 Å². The summed E-state index contributed by atoms with van der Waals surface area (Å²) in [5.41, 5.74) is 1.57. The Hall–Kier alpha value is -1.84. The Morgan fingerprint density at radius 2 is 2.31 bits per heavy atom. The number of rotatable bonds is 1. The number of hydrogen-bond donors (Lipinski definition) is 1. The van der Waals surface area contributed by atoms with E-state index in [4.69, 9.17) is 5.11 Å². The highest BCUT2D eigenvalue weighted by Gasteiger charge is 2.12. The third kappa shape index (κ3) is 1.07. The maximum absolute atomic E-state index is 10.7. The van der Waals surface area contributed by atoms with Gasteiger partial charge in [0.15, 0.2) is 0 Å². The second kappa shape index (κ2) is 2.58. The molecule has 0 aliphatic heterocycles. The van der Waals surface area contributed by atoms with E-state index in [0.717, 1.165) is 11.2 Å². The first-order valence-electron chi connectivity index (χ1n) is 3.87. The number of carboxylic acid groups (broad SMARTS) is 1. The number of aromatic nitrogens is 2. The molecule has 0 saturated carbocycles. The minimum atomic E-state index is -1.01. The molecular weight excluding hydrogens is 168 g/mol. The molecule has 2 heterocycles. The zero-order valence-corrected chi connectivity index (χ0v) is 7.06. The van der Waals surface area contributed by atoms with E-state index in [-0.39, 0.29) is 5.82 Å². The summed E-state index contributed by atoms with van der Waals surface area (Å²) < 4.78 is 1.57. The van der Waals surface area contributed by atoms with Gasteiger partial charge in [0.05, 0.1) is 11.2 Å². The van der Waals surface area contributed by atoms with Crippen LogP contribution in [0.3, 0.4) is 0 Å². The molecule has 0 aromatic carbocycles. The fourth-order valence-corrected chi connectivity index (χ4v) is 1.34. The number of nitrogens with zero attached hydrogens (tertiary/aromatic N) is 2. The summed E-state index contributed by atoms with van der Waals surface area (Å²) in [6, 6.07) is 5.48. The topological polar surface area (TPSA) is 54.6 Å². The number of carbonyl (C=O) groups is 1. The smallest absolute Gasteiger partial charge is 0.372 e. The molecule has 0 bridgehead atoms. The van der Waals surface area contributed by atoms with Crippen LogP contribution in [0.4, 0.5) is 0 Å². The van der Waals surface area contributed by atoms with Crippen LogP contribution in [0.5, 0.6) is 0 Å². The van der Waals surface area contributed by atoms with Crippen molar-refractivity contribution in [3.05, 3.63) is 35.9 Å². The second-order valence-electron chi connectivity index (χ2n) is 2.78. The van der Waals surface area contributed by atoms with E-state index in [9.17, 15) is 4.79 Å². The van der Waals surface area contributed by atoms with E-state index in [1.165, 1.54) is 0 Å². The number of imidazole rings is 1. The molecule has 0 spiro atoms. The van der Waals surface area contributed by atoms with Gasteiger partial charge in [-0.1, -0.05) is 6.07 Å². The molecule has 0 atom stereocenters. The minimum Gasteiger partial charge on any atom is -0.475 e. The van der Waals surface area contributed by atoms with Crippen molar-refractivity contribution in [1.82, 2.24) is 9.38 Å². The highest BCUT2D eigenvalue weighted by molar-refractivity contribution is 5.85. The predicted molar refractivity (Wildman–Crippen MR) is 46.9 cm³/mol. The number of hydrogen-bond acceptors (Lipinski definition) is 2. The van der Waals surface area contributed by atoms with E-state index in [2.05, 4.69) is 4.98 Å². The molecule has 0 saturated heterocycles. The van der Waals surface area contributed by atoms with Crippen LogP contribution in [0.2, 0.25) is 0 Å². The van der Waals surface area contributed by atoms with Crippen LogP contribution >= 0.6 is 0 Å². The number of fused-ring (bicyclic) bond motifs is 1. The summed E-state index contributed by atoms with van der Waals surface area (Å²) in [6.07, 6.45) is 1.69. The molecule has 0 aliphatic rings. The number of aromatic carboxylic acids is 1. The highest BCUT2D eigenvalue weighted by Crippen LogP contribution is 2.11. The summed E-state index contributed by atoms with van der Waals surface area (Å²) in [6.45, 7) is 1.79. The van der Waals surface area contributed by atoms with E-state index < -0.39 is 5.97 Å². The Balaban J connectivity index is 2.85. The van der Waals surface area contributed by atoms with E-state index >= 15 is 0 Å². The van der Waals surface area contributed by atoms with Crippen LogP contribution in [0.1, 0.15) is 16.3 Å². The zero-order chi connectivity index (χ0) is 9.42. The summed E-state index contributed by atoms with van der Waals surface area (Å²) in [4.78, 5) is 14.7. The van der Waals surface area contributed by atoms with Crippen LogP contribution < -0.4 is 0 Å². The van der Waals surface area contributed by atoms with Gasteiger partial charge >= 0.3 is 5.97 Å². The molecule has 66 valence electrons. The van der Waals surface area contributed by atoms with Gasteiger partial charge in [-0.3, -0.25) is 4.40 Å². The third-order valence-corrected chi connectivity index (χ3v) is 1.92. The first-order chi connectivity index (χ1) is 6.20. The summed E-state index contributed by atoms with van der Waals surface area (Å²) in [5.74, 6) is -0.942.